The van der Waals surface area contributed by atoms with Crippen molar-refractivity contribution in [2.75, 3.05) is 23.7 Å². The molecule has 0 amide bonds. The van der Waals surface area contributed by atoms with E-state index in [0.29, 0.717) is 12.2 Å². The lowest BCUT2D eigenvalue weighted by molar-refractivity contribution is -0.384. The van der Waals surface area contributed by atoms with E-state index in [4.69, 9.17) is 0 Å². The van der Waals surface area contributed by atoms with Gasteiger partial charge in [0.15, 0.2) is 0 Å². The van der Waals surface area contributed by atoms with Crippen LogP contribution in [-0.4, -0.2) is 22.9 Å². The first kappa shape index (κ1) is 16.1. The number of hydrogen-bond donors (Lipinski definition) is 2. The Bertz CT molecular complexity index is 738. The minimum atomic E-state index is -0.694. The lowest BCUT2D eigenvalue weighted by atomic mass is 10.2. The van der Waals surface area contributed by atoms with E-state index in [2.05, 4.69) is 10.6 Å². The van der Waals surface area contributed by atoms with Gasteiger partial charge in [-0.25, -0.2) is 4.39 Å². The Balaban J connectivity index is 1.97. The molecule has 0 heterocycles. The summed E-state index contributed by atoms with van der Waals surface area (Å²) in [5.41, 5.74) is 0.115. The summed E-state index contributed by atoms with van der Waals surface area (Å²) in [5.74, 6) is -0.694. The fourth-order valence-electron chi connectivity index (χ4n) is 1.98. The van der Waals surface area contributed by atoms with Crippen LogP contribution in [0, 0.1) is 26.0 Å². The number of benzene rings is 2. The number of nitro groups is 2. The van der Waals surface area contributed by atoms with Crippen LogP contribution < -0.4 is 10.6 Å². The molecular formula is C14H13FN4O4. The first-order chi connectivity index (χ1) is 11.0. The van der Waals surface area contributed by atoms with Gasteiger partial charge < -0.3 is 10.6 Å². The Hall–Kier alpha value is -3.23. The largest absolute Gasteiger partial charge is 0.378 e. The molecule has 2 rings (SSSR count). The van der Waals surface area contributed by atoms with Crippen LogP contribution >= 0.6 is 0 Å². The lowest BCUT2D eigenvalue weighted by Gasteiger charge is -2.09. The zero-order chi connectivity index (χ0) is 16.8. The molecule has 0 fully saturated rings. The number of halogens is 1. The monoisotopic (exact) mass is 320 g/mol. The van der Waals surface area contributed by atoms with Crippen LogP contribution in [0.4, 0.5) is 27.1 Å². The zero-order valence-corrected chi connectivity index (χ0v) is 11.9. The normalized spacial score (nSPS) is 10.1. The molecule has 0 aromatic heterocycles. The standard InChI is InChI=1S/C14H13FN4O4/c15-10-5-6-12(14(9-10)19(22)23)17-8-7-16-11-3-1-2-4-13(11)18(20)21/h1-6,9,16-17H,7-8H2. The Morgan fingerprint density at radius 2 is 1.43 bits per heavy atom. The Kier molecular flexibility index (Phi) is 5.03. The number of anilines is 2. The molecule has 0 saturated heterocycles. The van der Waals surface area contributed by atoms with Gasteiger partial charge in [0, 0.05) is 19.2 Å². The molecule has 0 bridgehead atoms. The van der Waals surface area contributed by atoms with E-state index in [9.17, 15) is 24.6 Å². The van der Waals surface area contributed by atoms with Gasteiger partial charge in [-0.05, 0) is 18.2 Å². The quantitative estimate of drug-likeness (QED) is 0.460. The third-order valence-electron chi connectivity index (χ3n) is 3.01. The number of nitrogens with zero attached hydrogens (tertiary/aromatic N) is 2. The number of rotatable bonds is 7. The van der Waals surface area contributed by atoms with Crippen LogP contribution in [0.25, 0.3) is 0 Å². The lowest BCUT2D eigenvalue weighted by Crippen LogP contribution is -2.15. The molecule has 0 aliphatic heterocycles. The fourth-order valence-corrected chi connectivity index (χ4v) is 1.98. The summed E-state index contributed by atoms with van der Waals surface area (Å²) in [6, 6.07) is 9.39. The molecule has 0 aliphatic rings. The van der Waals surface area contributed by atoms with E-state index in [-0.39, 0.29) is 23.6 Å². The van der Waals surface area contributed by atoms with Crippen molar-refractivity contribution in [2.24, 2.45) is 0 Å². The van der Waals surface area contributed by atoms with E-state index in [1.165, 1.54) is 12.1 Å². The summed E-state index contributed by atoms with van der Waals surface area (Å²) in [6.45, 7) is 0.553. The molecule has 0 atom stereocenters. The smallest absolute Gasteiger partial charge is 0.295 e. The highest BCUT2D eigenvalue weighted by Crippen LogP contribution is 2.25. The van der Waals surface area contributed by atoms with Gasteiger partial charge in [-0.3, -0.25) is 20.2 Å². The van der Waals surface area contributed by atoms with Gasteiger partial charge in [-0.15, -0.1) is 0 Å². The van der Waals surface area contributed by atoms with Gasteiger partial charge in [0.05, 0.1) is 15.9 Å². The minimum absolute atomic E-state index is 0.0553. The molecule has 23 heavy (non-hydrogen) atoms. The van der Waals surface area contributed by atoms with Crippen LogP contribution in [0.3, 0.4) is 0 Å². The van der Waals surface area contributed by atoms with E-state index >= 15 is 0 Å². The summed E-state index contributed by atoms with van der Waals surface area (Å²) >= 11 is 0. The first-order valence-electron chi connectivity index (χ1n) is 6.64. The maximum absolute atomic E-state index is 13.0. The third-order valence-corrected chi connectivity index (χ3v) is 3.01. The molecule has 2 aromatic carbocycles. The Labute approximate surface area is 130 Å². The molecule has 0 radical (unpaired) electrons. The first-order valence-corrected chi connectivity index (χ1v) is 6.64. The van der Waals surface area contributed by atoms with Crippen LogP contribution in [-0.2, 0) is 0 Å². The third kappa shape index (κ3) is 4.13. The second-order valence-electron chi connectivity index (χ2n) is 4.55. The SMILES string of the molecule is O=[N+]([O-])c1ccccc1NCCNc1ccc(F)cc1[N+](=O)[O-]. The van der Waals surface area contributed by atoms with Gasteiger partial charge in [0.25, 0.3) is 11.4 Å². The van der Waals surface area contributed by atoms with Crippen LogP contribution in [0.1, 0.15) is 0 Å². The highest BCUT2D eigenvalue weighted by atomic mass is 19.1. The number of hydrogen-bond acceptors (Lipinski definition) is 6. The van der Waals surface area contributed by atoms with Gasteiger partial charge in [-0.2, -0.15) is 0 Å². The van der Waals surface area contributed by atoms with Crippen LogP contribution in [0.2, 0.25) is 0 Å². The summed E-state index contributed by atoms with van der Waals surface area (Å²) < 4.78 is 13.0. The fraction of sp³-hybridized carbons (Fsp3) is 0.143. The Morgan fingerprint density at radius 3 is 2.04 bits per heavy atom. The predicted molar refractivity (Wildman–Crippen MR) is 83.1 cm³/mol. The molecule has 8 nitrogen and oxygen atoms in total. The van der Waals surface area contributed by atoms with Gasteiger partial charge >= 0.3 is 0 Å². The maximum atomic E-state index is 13.0. The number of nitro benzene ring substituents is 2. The van der Waals surface area contributed by atoms with Gasteiger partial charge in [0.2, 0.25) is 0 Å². The van der Waals surface area contributed by atoms with Crippen molar-refractivity contribution in [3.63, 3.8) is 0 Å². The second kappa shape index (κ2) is 7.16. The van der Waals surface area contributed by atoms with Crippen molar-refractivity contribution in [3.05, 3.63) is 68.5 Å². The molecule has 2 aromatic rings. The van der Waals surface area contributed by atoms with E-state index in [1.54, 1.807) is 18.2 Å². The summed E-state index contributed by atoms with van der Waals surface area (Å²) in [4.78, 5) is 20.5. The van der Waals surface area contributed by atoms with Crippen molar-refractivity contribution in [2.45, 2.75) is 0 Å². The summed E-state index contributed by atoms with van der Waals surface area (Å²) in [5, 5.41) is 27.4. The Morgan fingerprint density at radius 1 is 0.870 bits per heavy atom. The predicted octanol–water partition coefficient (Wildman–Crippen LogP) is 3.17. The average Bonchev–Trinajstić information content (AvgIpc) is 2.52. The highest BCUT2D eigenvalue weighted by Gasteiger charge is 2.15. The average molecular weight is 320 g/mol. The van der Waals surface area contributed by atoms with Gasteiger partial charge in [-0.1, -0.05) is 12.1 Å². The second-order valence-corrected chi connectivity index (χ2v) is 4.55. The topological polar surface area (TPSA) is 110 Å². The van der Waals surface area contributed by atoms with E-state index in [0.717, 1.165) is 12.1 Å². The summed E-state index contributed by atoms with van der Waals surface area (Å²) in [7, 11) is 0. The molecule has 9 heteroatoms. The molecule has 0 spiro atoms. The van der Waals surface area contributed by atoms with Gasteiger partial charge in [0.1, 0.15) is 17.2 Å². The van der Waals surface area contributed by atoms with Crippen molar-refractivity contribution in [1.82, 2.24) is 0 Å². The molecule has 0 unspecified atom stereocenters. The minimum Gasteiger partial charge on any atom is -0.378 e. The maximum Gasteiger partial charge on any atom is 0.295 e. The van der Waals surface area contributed by atoms with Crippen LogP contribution in [0.5, 0.6) is 0 Å². The van der Waals surface area contributed by atoms with Crippen LogP contribution in [0.15, 0.2) is 42.5 Å². The molecule has 0 saturated carbocycles. The van der Waals surface area contributed by atoms with Crippen molar-refractivity contribution in [1.29, 1.82) is 0 Å². The van der Waals surface area contributed by atoms with E-state index in [1.807, 2.05) is 0 Å². The molecule has 120 valence electrons. The number of nitrogens with one attached hydrogen (secondary N) is 2. The summed E-state index contributed by atoms with van der Waals surface area (Å²) in [6.07, 6.45) is 0. The van der Waals surface area contributed by atoms with E-state index < -0.39 is 15.7 Å². The van der Waals surface area contributed by atoms with Crippen molar-refractivity contribution < 1.29 is 14.2 Å². The highest BCUT2D eigenvalue weighted by molar-refractivity contribution is 5.62. The molecule has 0 aliphatic carbocycles. The van der Waals surface area contributed by atoms with Crippen molar-refractivity contribution in [3.8, 4) is 0 Å². The van der Waals surface area contributed by atoms with Crippen molar-refractivity contribution >= 4 is 22.7 Å². The molecular weight excluding hydrogens is 307 g/mol. The zero-order valence-electron chi connectivity index (χ0n) is 11.9. The number of para-hydroxylation sites is 2. The molecule has 2 N–H and O–H groups in total.